The third-order valence-electron chi connectivity index (χ3n) is 3.49. The van der Waals surface area contributed by atoms with Gasteiger partial charge in [-0.1, -0.05) is 19.4 Å². The summed E-state index contributed by atoms with van der Waals surface area (Å²) in [5, 5.41) is 0. The average Bonchev–Trinajstić information content (AvgIpc) is 2.41. The Bertz CT molecular complexity index is 400. The van der Waals surface area contributed by atoms with Gasteiger partial charge in [-0.25, -0.2) is 9.59 Å². The average molecular weight is 285 g/mol. The van der Waals surface area contributed by atoms with Crippen LogP contribution in [0.3, 0.4) is 0 Å². The molecule has 0 spiro atoms. The van der Waals surface area contributed by atoms with E-state index < -0.39 is 6.16 Å². The molecule has 0 aromatic carbocycles. The lowest BCUT2D eigenvalue weighted by molar-refractivity contribution is -0.140. The van der Waals surface area contributed by atoms with Crippen LogP contribution < -0.4 is 5.90 Å². The van der Waals surface area contributed by atoms with Crippen molar-refractivity contribution in [1.29, 1.82) is 0 Å². The maximum atomic E-state index is 11.9. The highest BCUT2D eigenvalue weighted by atomic mass is 16.8. The van der Waals surface area contributed by atoms with Gasteiger partial charge in [-0.15, -0.1) is 0 Å². The molecule has 0 aromatic heterocycles. The molecule has 1 fully saturated rings. The second-order valence-corrected chi connectivity index (χ2v) is 5.78. The van der Waals surface area contributed by atoms with Crippen molar-refractivity contribution in [1.82, 2.24) is 0 Å². The second kappa shape index (κ2) is 7.28. The predicted molar refractivity (Wildman–Crippen MR) is 72.5 cm³/mol. The first kappa shape index (κ1) is 16.5. The maximum absolute atomic E-state index is 11.9. The van der Waals surface area contributed by atoms with E-state index in [2.05, 4.69) is 29.3 Å². The smallest absolute Gasteiger partial charge is 0.459 e. The number of rotatable bonds is 4. The number of hydrogen-bond donors (Lipinski definition) is 1. The molecular formula is C14H23NO5. The normalized spacial score (nSPS) is 20.0. The minimum Gasteiger partial charge on any atom is -0.459 e. The molecule has 1 rings (SSSR count). The highest BCUT2D eigenvalue weighted by Crippen LogP contribution is 2.39. The molecular weight excluding hydrogens is 262 g/mol. The number of allylic oxidation sites excluding steroid dienone is 1. The van der Waals surface area contributed by atoms with Gasteiger partial charge >= 0.3 is 12.1 Å². The van der Waals surface area contributed by atoms with Crippen LogP contribution in [0.4, 0.5) is 4.79 Å². The molecule has 1 aliphatic rings. The van der Waals surface area contributed by atoms with Crippen molar-refractivity contribution in [2.24, 2.45) is 11.3 Å². The number of esters is 1. The Morgan fingerprint density at radius 2 is 1.90 bits per heavy atom. The van der Waals surface area contributed by atoms with Gasteiger partial charge in [-0.05, 0) is 38.0 Å². The SMILES string of the molecule is C/C(C(=O)OCCOC(=O)ON)=C1\CCCC(C)(C)C1. The summed E-state index contributed by atoms with van der Waals surface area (Å²) >= 11 is 0. The van der Waals surface area contributed by atoms with E-state index in [-0.39, 0.29) is 24.6 Å². The van der Waals surface area contributed by atoms with Crippen molar-refractivity contribution >= 4 is 12.1 Å². The van der Waals surface area contributed by atoms with Crippen molar-refractivity contribution in [3.63, 3.8) is 0 Å². The van der Waals surface area contributed by atoms with Gasteiger partial charge in [0.1, 0.15) is 13.2 Å². The van der Waals surface area contributed by atoms with Crippen molar-refractivity contribution < 1.29 is 23.9 Å². The minimum absolute atomic E-state index is 0.0120. The summed E-state index contributed by atoms with van der Waals surface area (Å²) < 4.78 is 9.57. The first-order valence-electron chi connectivity index (χ1n) is 6.75. The molecule has 0 aliphatic heterocycles. The molecule has 114 valence electrons. The molecule has 6 heteroatoms. The zero-order valence-corrected chi connectivity index (χ0v) is 12.4. The molecule has 0 amide bonds. The Morgan fingerprint density at radius 3 is 2.50 bits per heavy atom. The summed E-state index contributed by atoms with van der Waals surface area (Å²) in [5.74, 6) is 4.24. The third-order valence-corrected chi connectivity index (χ3v) is 3.49. The quantitative estimate of drug-likeness (QED) is 0.369. The van der Waals surface area contributed by atoms with Crippen LogP contribution in [0.5, 0.6) is 0 Å². The number of carbonyl (C=O) groups excluding carboxylic acids is 2. The van der Waals surface area contributed by atoms with E-state index in [0.717, 1.165) is 24.8 Å². The van der Waals surface area contributed by atoms with Crippen LogP contribution in [0.15, 0.2) is 11.1 Å². The number of hydrogen-bond acceptors (Lipinski definition) is 6. The summed E-state index contributed by atoms with van der Waals surface area (Å²) in [6.07, 6.45) is 3.14. The zero-order chi connectivity index (χ0) is 15.2. The molecule has 2 N–H and O–H groups in total. The number of nitrogens with two attached hydrogens (primary N) is 1. The molecule has 1 saturated carbocycles. The Morgan fingerprint density at radius 1 is 1.25 bits per heavy atom. The summed E-state index contributed by atoms with van der Waals surface area (Å²) in [5.41, 5.74) is 2.07. The van der Waals surface area contributed by atoms with E-state index in [9.17, 15) is 9.59 Å². The van der Waals surface area contributed by atoms with Crippen molar-refractivity contribution in [3.8, 4) is 0 Å². The Balaban J connectivity index is 2.44. The molecule has 0 atom stereocenters. The molecule has 0 heterocycles. The van der Waals surface area contributed by atoms with Gasteiger partial charge in [0.2, 0.25) is 0 Å². The molecule has 1 aliphatic carbocycles. The van der Waals surface area contributed by atoms with E-state index in [1.54, 1.807) is 6.92 Å². The third kappa shape index (κ3) is 5.21. The molecule has 0 bridgehead atoms. The summed E-state index contributed by atoms with van der Waals surface area (Å²) in [6, 6.07) is 0. The monoisotopic (exact) mass is 285 g/mol. The van der Waals surface area contributed by atoms with Gasteiger partial charge < -0.3 is 14.3 Å². The fourth-order valence-electron chi connectivity index (χ4n) is 2.40. The van der Waals surface area contributed by atoms with Gasteiger partial charge in [-0.2, -0.15) is 5.90 Å². The topological polar surface area (TPSA) is 87.8 Å². The van der Waals surface area contributed by atoms with Crippen molar-refractivity contribution in [3.05, 3.63) is 11.1 Å². The summed E-state index contributed by atoms with van der Waals surface area (Å²) in [6.45, 7) is 6.11. The van der Waals surface area contributed by atoms with Gasteiger partial charge in [0.15, 0.2) is 0 Å². The molecule has 0 radical (unpaired) electrons. The minimum atomic E-state index is -0.995. The summed E-state index contributed by atoms with van der Waals surface area (Å²) in [4.78, 5) is 26.3. The van der Waals surface area contributed by atoms with E-state index >= 15 is 0 Å². The Hall–Kier alpha value is -1.56. The fraction of sp³-hybridized carbons (Fsp3) is 0.714. The van der Waals surface area contributed by atoms with Crippen LogP contribution >= 0.6 is 0 Å². The Kier molecular flexibility index (Phi) is 6.01. The Labute approximate surface area is 119 Å². The largest absolute Gasteiger partial charge is 0.527 e. The number of carbonyl (C=O) groups is 2. The molecule has 0 saturated heterocycles. The van der Waals surface area contributed by atoms with Crippen LogP contribution in [0.1, 0.15) is 46.5 Å². The van der Waals surface area contributed by atoms with Crippen molar-refractivity contribution in [2.75, 3.05) is 13.2 Å². The summed E-state index contributed by atoms with van der Waals surface area (Å²) in [7, 11) is 0. The second-order valence-electron chi connectivity index (χ2n) is 5.78. The lowest BCUT2D eigenvalue weighted by Crippen LogP contribution is -2.21. The number of ether oxygens (including phenoxy) is 2. The molecule has 0 aromatic rings. The van der Waals surface area contributed by atoms with E-state index in [1.165, 1.54) is 6.42 Å². The highest BCUT2D eigenvalue weighted by Gasteiger charge is 2.26. The van der Waals surface area contributed by atoms with Gasteiger partial charge in [0.25, 0.3) is 0 Å². The van der Waals surface area contributed by atoms with Crippen LogP contribution in [-0.4, -0.2) is 25.3 Å². The first-order chi connectivity index (χ1) is 9.35. The molecule has 20 heavy (non-hydrogen) atoms. The van der Waals surface area contributed by atoms with Crippen molar-refractivity contribution in [2.45, 2.75) is 46.5 Å². The van der Waals surface area contributed by atoms with Gasteiger partial charge in [0.05, 0.1) is 0 Å². The zero-order valence-electron chi connectivity index (χ0n) is 12.4. The lowest BCUT2D eigenvalue weighted by Gasteiger charge is -2.32. The van der Waals surface area contributed by atoms with E-state index in [1.807, 2.05) is 0 Å². The maximum Gasteiger partial charge on any atom is 0.527 e. The fourth-order valence-corrected chi connectivity index (χ4v) is 2.40. The van der Waals surface area contributed by atoms with E-state index in [4.69, 9.17) is 4.74 Å². The van der Waals surface area contributed by atoms with Crippen LogP contribution in [0.2, 0.25) is 0 Å². The van der Waals surface area contributed by atoms with E-state index in [0.29, 0.717) is 5.57 Å². The molecule has 6 nitrogen and oxygen atoms in total. The van der Waals surface area contributed by atoms with Gasteiger partial charge in [0, 0.05) is 5.57 Å². The van der Waals surface area contributed by atoms with Gasteiger partial charge in [-0.3, -0.25) is 0 Å². The predicted octanol–water partition coefficient (Wildman–Crippen LogP) is 2.47. The van der Waals surface area contributed by atoms with Crippen LogP contribution in [0.25, 0.3) is 0 Å². The first-order valence-corrected chi connectivity index (χ1v) is 6.75. The molecule has 0 unspecified atom stereocenters. The standard InChI is InChI=1S/C14H23NO5/c1-10(11-5-4-6-14(2,3)9-11)12(16)18-7-8-19-13(17)20-15/h4-9,15H2,1-3H3/b11-10-. The lowest BCUT2D eigenvalue weighted by atomic mass is 9.74. The van der Waals surface area contributed by atoms with Crippen LogP contribution in [0, 0.1) is 5.41 Å². The highest BCUT2D eigenvalue weighted by molar-refractivity contribution is 5.88. The van der Waals surface area contributed by atoms with Crippen LogP contribution in [-0.2, 0) is 19.1 Å².